The summed E-state index contributed by atoms with van der Waals surface area (Å²) in [5, 5.41) is 23.5. The Labute approximate surface area is 214 Å². The smallest absolute Gasteiger partial charge is 0.295 e. The van der Waals surface area contributed by atoms with Crippen LogP contribution in [0.3, 0.4) is 0 Å². The summed E-state index contributed by atoms with van der Waals surface area (Å²) in [6.07, 6.45) is 3.60. The number of benzene rings is 2. The summed E-state index contributed by atoms with van der Waals surface area (Å²) in [5.74, 6) is -1.11. The van der Waals surface area contributed by atoms with E-state index in [1.165, 1.54) is 4.90 Å². The number of ketones is 1. The molecule has 37 heavy (non-hydrogen) atoms. The number of carbonyl (C=O) groups excluding carboxylic acids is 2. The molecule has 1 amide bonds. The molecule has 0 bridgehead atoms. The molecule has 1 aliphatic heterocycles. The van der Waals surface area contributed by atoms with Gasteiger partial charge in [0.1, 0.15) is 0 Å². The van der Waals surface area contributed by atoms with Gasteiger partial charge in [0.15, 0.2) is 17.4 Å². The Bertz CT molecular complexity index is 1460. The molecule has 0 saturated heterocycles. The molecule has 1 aliphatic rings. The van der Waals surface area contributed by atoms with Crippen molar-refractivity contribution >= 4 is 17.5 Å². The molecule has 1 N–H and O–H groups in total. The van der Waals surface area contributed by atoms with E-state index in [9.17, 15) is 14.7 Å². The molecule has 1 atom stereocenters. The summed E-state index contributed by atoms with van der Waals surface area (Å²) in [6, 6.07) is 19.2. The predicted molar refractivity (Wildman–Crippen MR) is 139 cm³/mol. The molecule has 8 nitrogen and oxygen atoms in total. The third kappa shape index (κ3) is 4.65. The fourth-order valence-electron chi connectivity index (χ4n) is 4.47. The summed E-state index contributed by atoms with van der Waals surface area (Å²) in [5.41, 5.74) is 3.88. The first kappa shape index (κ1) is 24.1. The number of hydrogen-bond acceptors (Lipinski definition) is 6. The molecule has 1 unspecified atom stereocenters. The number of anilines is 1. The van der Waals surface area contributed by atoms with Crippen molar-refractivity contribution in [2.24, 2.45) is 0 Å². The van der Waals surface area contributed by atoms with Gasteiger partial charge in [-0.25, -0.2) is 0 Å². The second-order valence-corrected chi connectivity index (χ2v) is 9.42. The van der Waals surface area contributed by atoms with Gasteiger partial charge in [-0.05, 0) is 47.7 Å². The molecule has 0 spiro atoms. The SMILES string of the molecule is Cc1ccc(N2C(=O)C(O)=C(C(=O)c3ccc(C(C)C)cc3)C2c2ccc(Cn3cccn3)cc2)nn1. The molecule has 0 fully saturated rings. The number of amides is 1. The number of nitrogens with zero attached hydrogens (tertiary/aromatic N) is 5. The van der Waals surface area contributed by atoms with Crippen molar-refractivity contribution in [2.75, 3.05) is 4.90 Å². The molecular weight excluding hydrogens is 466 g/mol. The van der Waals surface area contributed by atoms with Gasteiger partial charge in [-0.15, -0.1) is 5.10 Å². The molecule has 0 saturated carbocycles. The van der Waals surface area contributed by atoms with Gasteiger partial charge < -0.3 is 5.11 Å². The van der Waals surface area contributed by atoms with Crippen molar-refractivity contribution in [3.05, 3.63) is 118 Å². The summed E-state index contributed by atoms with van der Waals surface area (Å²) in [6.45, 7) is 6.53. The Hall–Kier alpha value is -4.59. The van der Waals surface area contributed by atoms with Crippen molar-refractivity contribution in [1.82, 2.24) is 20.0 Å². The first-order valence-corrected chi connectivity index (χ1v) is 12.1. The van der Waals surface area contributed by atoms with Gasteiger partial charge >= 0.3 is 0 Å². The monoisotopic (exact) mass is 493 g/mol. The molecule has 4 aromatic rings. The van der Waals surface area contributed by atoms with E-state index in [2.05, 4.69) is 29.1 Å². The highest BCUT2D eigenvalue weighted by atomic mass is 16.3. The van der Waals surface area contributed by atoms with E-state index in [-0.39, 0.29) is 11.4 Å². The number of rotatable bonds is 7. The second kappa shape index (κ2) is 9.81. The summed E-state index contributed by atoms with van der Waals surface area (Å²) in [7, 11) is 0. The Morgan fingerprint density at radius 2 is 1.73 bits per heavy atom. The van der Waals surface area contributed by atoms with Crippen molar-refractivity contribution in [2.45, 2.75) is 39.3 Å². The lowest BCUT2D eigenvalue weighted by atomic mass is 9.91. The van der Waals surface area contributed by atoms with E-state index in [0.717, 1.165) is 11.1 Å². The maximum atomic E-state index is 13.7. The standard InChI is InChI=1S/C29H27N5O3/c1-18(2)21-10-12-23(13-11-21)27(35)25-26(22-8-6-20(7-9-22)17-33-16-4-15-30-33)34(29(37)28(25)36)24-14-5-19(3)31-32-24/h4-16,18,26,36H,17H2,1-3H3. The van der Waals surface area contributed by atoms with Crippen LogP contribution < -0.4 is 4.90 Å². The molecule has 186 valence electrons. The quantitative estimate of drug-likeness (QED) is 0.366. The lowest BCUT2D eigenvalue weighted by molar-refractivity contribution is -0.117. The van der Waals surface area contributed by atoms with Crippen LogP contribution in [0.2, 0.25) is 0 Å². The van der Waals surface area contributed by atoms with Crippen LogP contribution in [0.5, 0.6) is 0 Å². The zero-order chi connectivity index (χ0) is 26.1. The Kier molecular flexibility index (Phi) is 6.40. The molecule has 8 heteroatoms. The van der Waals surface area contributed by atoms with Gasteiger partial charge in [-0.2, -0.15) is 10.2 Å². The van der Waals surface area contributed by atoms with Crippen LogP contribution >= 0.6 is 0 Å². The largest absolute Gasteiger partial charge is 0.503 e. The number of aryl methyl sites for hydroxylation is 1. The lowest BCUT2D eigenvalue weighted by Gasteiger charge is -2.26. The molecular formula is C29H27N5O3. The van der Waals surface area contributed by atoms with Gasteiger partial charge in [0.2, 0.25) is 0 Å². The first-order chi connectivity index (χ1) is 17.8. The minimum Gasteiger partial charge on any atom is -0.503 e. The van der Waals surface area contributed by atoms with Crippen molar-refractivity contribution in [3.8, 4) is 0 Å². The number of Topliss-reactive ketones (excluding diaryl/α,β-unsaturated/α-hetero) is 1. The maximum absolute atomic E-state index is 13.7. The third-order valence-electron chi connectivity index (χ3n) is 6.52. The van der Waals surface area contributed by atoms with Gasteiger partial charge in [-0.3, -0.25) is 19.2 Å². The van der Waals surface area contributed by atoms with Gasteiger partial charge in [0.05, 0.1) is 23.9 Å². The summed E-state index contributed by atoms with van der Waals surface area (Å²) < 4.78 is 1.81. The zero-order valence-corrected chi connectivity index (χ0v) is 20.9. The molecule has 2 aromatic carbocycles. The minimum absolute atomic E-state index is 0.0181. The normalized spacial score (nSPS) is 15.6. The van der Waals surface area contributed by atoms with Crippen molar-refractivity contribution in [3.63, 3.8) is 0 Å². The highest BCUT2D eigenvalue weighted by molar-refractivity contribution is 6.20. The van der Waals surface area contributed by atoms with Gasteiger partial charge in [0, 0.05) is 18.0 Å². The van der Waals surface area contributed by atoms with Crippen LogP contribution in [0, 0.1) is 6.92 Å². The van der Waals surface area contributed by atoms with Gasteiger partial charge in [0.25, 0.3) is 5.91 Å². The van der Waals surface area contributed by atoms with E-state index in [4.69, 9.17) is 0 Å². The van der Waals surface area contributed by atoms with E-state index in [1.54, 1.807) is 37.4 Å². The number of aliphatic hydroxyl groups excluding tert-OH is 1. The Morgan fingerprint density at radius 3 is 2.32 bits per heavy atom. The fourth-order valence-corrected chi connectivity index (χ4v) is 4.47. The van der Waals surface area contributed by atoms with Crippen LogP contribution in [-0.2, 0) is 11.3 Å². The highest BCUT2D eigenvalue weighted by Gasteiger charge is 2.45. The van der Waals surface area contributed by atoms with Crippen molar-refractivity contribution in [1.29, 1.82) is 0 Å². The van der Waals surface area contributed by atoms with E-state index < -0.39 is 23.5 Å². The molecule has 2 aromatic heterocycles. The Morgan fingerprint density at radius 1 is 1.00 bits per heavy atom. The lowest BCUT2D eigenvalue weighted by Crippen LogP contribution is -2.32. The molecule has 5 rings (SSSR count). The molecule has 3 heterocycles. The van der Waals surface area contributed by atoms with Crippen LogP contribution in [0.4, 0.5) is 5.82 Å². The molecule has 0 radical (unpaired) electrons. The number of hydrogen-bond donors (Lipinski definition) is 1. The van der Waals surface area contributed by atoms with E-state index in [1.807, 2.05) is 53.3 Å². The summed E-state index contributed by atoms with van der Waals surface area (Å²) in [4.78, 5) is 28.4. The Balaban J connectivity index is 1.56. The third-order valence-corrected chi connectivity index (χ3v) is 6.52. The number of aliphatic hydroxyl groups is 1. The maximum Gasteiger partial charge on any atom is 0.295 e. The molecule has 0 aliphatic carbocycles. The van der Waals surface area contributed by atoms with Crippen LogP contribution in [0.15, 0.2) is 90.5 Å². The summed E-state index contributed by atoms with van der Waals surface area (Å²) >= 11 is 0. The average Bonchev–Trinajstić information content (AvgIpc) is 3.51. The topological polar surface area (TPSA) is 101 Å². The predicted octanol–water partition coefficient (Wildman–Crippen LogP) is 4.94. The second-order valence-electron chi connectivity index (χ2n) is 9.42. The van der Waals surface area contributed by atoms with E-state index in [0.29, 0.717) is 29.3 Å². The highest BCUT2D eigenvalue weighted by Crippen LogP contribution is 2.41. The average molecular weight is 494 g/mol. The van der Waals surface area contributed by atoms with Crippen LogP contribution in [0.1, 0.15) is 58.5 Å². The van der Waals surface area contributed by atoms with E-state index >= 15 is 0 Å². The zero-order valence-electron chi connectivity index (χ0n) is 20.9. The number of carbonyl (C=O) groups is 2. The van der Waals surface area contributed by atoms with Crippen LogP contribution in [-0.4, -0.2) is 36.8 Å². The van der Waals surface area contributed by atoms with Crippen molar-refractivity contribution < 1.29 is 14.7 Å². The minimum atomic E-state index is -0.861. The first-order valence-electron chi connectivity index (χ1n) is 12.1. The number of aromatic nitrogens is 4. The van der Waals surface area contributed by atoms with Gasteiger partial charge in [-0.1, -0.05) is 62.4 Å². The fraction of sp³-hybridized carbons (Fsp3) is 0.207. The van der Waals surface area contributed by atoms with Crippen LogP contribution in [0.25, 0.3) is 0 Å².